The summed E-state index contributed by atoms with van der Waals surface area (Å²) in [6.07, 6.45) is 0. The van der Waals surface area contributed by atoms with Crippen LogP contribution in [0.1, 0.15) is 5.56 Å². The molecule has 2 aromatic heterocycles. The Balaban J connectivity index is 1.71. The molecule has 0 radical (unpaired) electrons. The quantitative estimate of drug-likeness (QED) is 0.458. The summed E-state index contributed by atoms with van der Waals surface area (Å²) < 4.78 is 46.1. The van der Waals surface area contributed by atoms with Crippen LogP contribution in [0.4, 0.5) is 10.1 Å². The molecule has 2 heterocycles. The third-order valence-corrected chi connectivity index (χ3v) is 7.22. The van der Waals surface area contributed by atoms with Crippen molar-refractivity contribution in [2.75, 3.05) is 11.4 Å². The van der Waals surface area contributed by atoms with E-state index in [9.17, 15) is 12.8 Å². The van der Waals surface area contributed by atoms with Crippen LogP contribution in [0, 0.1) is 12.7 Å². The molecule has 148 valence electrons. The van der Waals surface area contributed by atoms with Crippen LogP contribution in [-0.2, 0) is 10.0 Å². The van der Waals surface area contributed by atoms with E-state index in [0.717, 1.165) is 5.56 Å². The van der Waals surface area contributed by atoms with Crippen LogP contribution in [0.2, 0.25) is 0 Å². The van der Waals surface area contributed by atoms with Gasteiger partial charge in [0.15, 0.2) is 0 Å². The van der Waals surface area contributed by atoms with Crippen molar-refractivity contribution in [1.82, 2.24) is 10.1 Å². The van der Waals surface area contributed by atoms with Gasteiger partial charge in [-0.15, -0.1) is 11.3 Å². The lowest BCUT2D eigenvalue weighted by molar-refractivity contribution is 0.432. The summed E-state index contributed by atoms with van der Waals surface area (Å²) in [4.78, 5) is 4.74. The summed E-state index contributed by atoms with van der Waals surface area (Å²) in [5, 5.41) is 5.56. The fourth-order valence-corrected chi connectivity index (χ4v) is 5.30. The average Bonchev–Trinajstić information content (AvgIpc) is 3.37. The monoisotopic (exact) mass is 429 g/mol. The first-order valence-electron chi connectivity index (χ1n) is 8.59. The normalized spacial score (nSPS) is 11.6. The van der Waals surface area contributed by atoms with Gasteiger partial charge in [0.2, 0.25) is 5.82 Å². The maximum atomic E-state index is 13.2. The molecule has 0 unspecified atom stereocenters. The first-order chi connectivity index (χ1) is 13.9. The highest BCUT2D eigenvalue weighted by Gasteiger charge is 2.28. The summed E-state index contributed by atoms with van der Waals surface area (Å²) in [6, 6.07) is 14.4. The minimum absolute atomic E-state index is 0.0841. The van der Waals surface area contributed by atoms with Gasteiger partial charge >= 0.3 is 0 Å². The molecule has 9 heteroatoms. The van der Waals surface area contributed by atoms with Gasteiger partial charge in [0.1, 0.15) is 15.6 Å². The second-order valence-corrected chi connectivity index (χ2v) is 9.21. The van der Waals surface area contributed by atoms with Crippen molar-refractivity contribution in [3.63, 3.8) is 0 Å². The number of hydrogen-bond acceptors (Lipinski definition) is 6. The van der Waals surface area contributed by atoms with Gasteiger partial charge in [-0.05, 0) is 60.3 Å². The molecule has 4 aromatic rings. The molecule has 0 amide bonds. The highest BCUT2D eigenvalue weighted by molar-refractivity contribution is 7.93. The van der Waals surface area contributed by atoms with E-state index in [4.69, 9.17) is 4.52 Å². The highest BCUT2D eigenvalue weighted by Crippen LogP contribution is 2.35. The van der Waals surface area contributed by atoms with Gasteiger partial charge in [-0.3, -0.25) is 4.31 Å². The lowest BCUT2D eigenvalue weighted by atomic mass is 10.2. The number of sulfonamides is 1. The van der Waals surface area contributed by atoms with Crippen LogP contribution in [0.3, 0.4) is 0 Å². The number of aryl methyl sites for hydroxylation is 1. The van der Waals surface area contributed by atoms with Crippen LogP contribution in [0.15, 0.2) is 69.4 Å². The van der Waals surface area contributed by atoms with E-state index >= 15 is 0 Å². The van der Waals surface area contributed by atoms with E-state index in [1.54, 1.807) is 23.6 Å². The molecule has 0 spiro atoms. The fraction of sp³-hybridized carbons (Fsp3) is 0.100. The zero-order valence-electron chi connectivity index (χ0n) is 15.5. The van der Waals surface area contributed by atoms with Gasteiger partial charge in [0, 0.05) is 12.6 Å². The lowest BCUT2D eigenvalue weighted by Crippen LogP contribution is -2.26. The van der Waals surface area contributed by atoms with Crippen molar-refractivity contribution in [3.8, 4) is 22.2 Å². The van der Waals surface area contributed by atoms with Crippen LogP contribution in [-0.4, -0.2) is 25.6 Å². The molecule has 0 atom stereocenters. The Morgan fingerprint density at radius 2 is 1.86 bits per heavy atom. The van der Waals surface area contributed by atoms with E-state index in [2.05, 4.69) is 10.1 Å². The molecular weight excluding hydrogens is 413 g/mol. The number of hydrogen-bond donors (Lipinski definition) is 0. The number of nitrogens with zero attached hydrogens (tertiary/aromatic N) is 3. The smallest absolute Gasteiger partial charge is 0.269 e. The summed E-state index contributed by atoms with van der Waals surface area (Å²) in [6.45, 7) is 1.90. The molecule has 0 fully saturated rings. The van der Waals surface area contributed by atoms with Crippen molar-refractivity contribution < 1.29 is 17.3 Å². The summed E-state index contributed by atoms with van der Waals surface area (Å²) >= 11 is 1.19. The second-order valence-electron chi connectivity index (χ2n) is 6.36. The Morgan fingerprint density at radius 1 is 1.10 bits per heavy atom. The molecule has 0 saturated carbocycles. The van der Waals surface area contributed by atoms with Crippen molar-refractivity contribution in [1.29, 1.82) is 0 Å². The predicted molar refractivity (Wildman–Crippen MR) is 110 cm³/mol. The zero-order chi connectivity index (χ0) is 20.6. The van der Waals surface area contributed by atoms with E-state index in [1.165, 1.54) is 53.0 Å². The largest absolute Gasteiger partial charge is 0.333 e. The standard InChI is InChI=1S/C20H16FN3O3S2/c1-13-4-3-5-16(12-13)24(2)29(25,26)17-10-11-28-18(17)20-22-19(23-27-20)14-6-8-15(21)9-7-14/h3-12H,1-2H3. The number of halogens is 1. The van der Waals surface area contributed by atoms with E-state index in [-0.39, 0.29) is 22.4 Å². The summed E-state index contributed by atoms with van der Waals surface area (Å²) in [5.41, 5.74) is 2.08. The summed E-state index contributed by atoms with van der Waals surface area (Å²) in [5.74, 6) is -0.0254. The topological polar surface area (TPSA) is 76.3 Å². The summed E-state index contributed by atoms with van der Waals surface area (Å²) in [7, 11) is -2.34. The SMILES string of the molecule is Cc1cccc(N(C)S(=O)(=O)c2ccsc2-c2nc(-c3ccc(F)cc3)no2)c1. The third-order valence-electron chi connectivity index (χ3n) is 4.36. The number of benzene rings is 2. The fourth-order valence-electron chi connectivity index (χ4n) is 2.80. The van der Waals surface area contributed by atoms with Crippen LogP contribution in [0.5, 0.6) is 0 Å². The molecular formula is C20H16FN3O3S2. The van der Waals surface area contributed by atoms with Crippen molar-refractivity contribution in [2.45, 2.75) is 11.8 Å². The minimum Gasteiger partial charge on any atom is -0.333 e. The maximum absolute atomic E-state index is 13.2. The predicted octanol–water partition coefficient (Wildman–Crippen LogP) is 4.74. The molecule has 2 aromatic carbocycles. The van der Waals surface area contributed by atoms with Crippen LogP contribution in [0.25, 0.3) is 22.2 Å². The Labute approximate surface area is 171 Å². The molecule has 0 saturated heterocycles. The molecule has 0 aliphatic heterocycles. The maximum Gasteiger partial charge on any atom is 0.269 e. The van der Waals surface area contributed by atoms with Gasteiger partial charge in [0.05, 0.1) is 5.69 Å². The van der Waals surface area contributed by atoms with E-state index in [1.807, 2.05) is 13.0 Å². The molecule has 0 aliphatic rings. The minimum atomic E-state index is -3.84. The van der Waals surface area contributed by atoms with Gasteiger partial charge in [-0.2, -0.15) is 4.98 Å². The number of aromatic nitrogens is 2. The Morgan fingerprint density at radius 3 is 2.59 bits per heavy atom. The number of rotatable bonds is 5. The van der Waals surface area contributed by atoms with Gasteiger partial charge < -0.3 is 4.52 Å². The van der Waals surface area contributed by atoms with E-state index < -0.39 is 10.0 Å². The first-order valence-corrected chi connectivity index (χ1v) is 10.9. The average molecular weight is 429 g/mol. The second kappa shape index (κ2) is 7.41. The molecule has 0 N–H and O–H groups in total. The molecule has 4 rings (SSSR count). The molecule has 6 nitrogen and oxygen atoms in total. The van der Waals surface area contributed by atoms with Gasteiger partial charge in [0.25, 0.3) is 15.9 Å². The van der Waals surface area contributed by atoms with Crippen LogP contribution >= 0.6 is 11.3 Å². The zero-order valence-corrected chi connectivity index (χ0v) is 17.2. The van der Waals surface area contributed by atoms with Crippen molar-refractivity contribution >= 4 is 27.0 Å². The molecule has 0 aliphatic carbocycles. The van der Waals surface area contributed by atoms with E-state index in [0.29, 0.717) is 16.1 Å². The Bertz CT molecular complexity index is 1260. The Hall–Kier alpha value is -3.04. The molecule has 29 heavy (non-hydrogen) atoms. The van der Waals surface area contributed by atoms with Gasteiger partial charge in [-0.1, -0.05) is 17.3 Å². The Kier molecular flexibility index (Phi) is 4.93. The lowest BCUT2D eigenvalue weighted by Gasteiger charge is -2.19. The first kappa shape index (κ1) is 19.3. The molecule has 0 bridgehead atoms. The van der Waals surface area contributed by atoms with Crippen molar-refractivity contribution in [2.24, 2.45) is 0 Å². The van der Waals surface area contributed by atoms with Gasteiger partial charge in [-0.25, -0.2) is 12.8 Å². The third kappa shape index (κ3) is 3.66. The number of anilines is 1. The van der Waals surface area contributed by atoms with Crippen LogP contribution < -0.4 is 4.31 Å². The number of thiophene rings is 1. The highest BCUT2D eigenvalue weighted by atomic mass is 32.2. The van der Waals surface area contributed by atoms with Crippen molar-refractivity contribution in [3.05, 3.63) is 71.4 Å².